The smallest absolute Gasteiger partial charge is 0.407 e. The quantitative estimate of drug-likeness (QED) is 0.795. The normalized spacial score (nSPS) is 15.0. The Kier molecular flexibility index (Phi) is 4.68. The fourth-order valence-electron chi connectivity index (χ4n) is 2.52. The third-order valence-corrected chi connectivity index (χ3v) is 3.90. The van der Waals surface area contributed by atoms with E-state index in [9.17, 15) is 14.4 Å². The van der Waals surface area contributed by atoms with Gasteiger partial charge in [0, 0.05) is 13.1 Å². The molecule has 0 saturated carbocycles. The highest BCUT2D eigenvalue weighted by molar-refractivity contribution is 6.30. The van der Waals surface area contributed by atoms with Crippen molar-refractivity contribution < 1.29 is 19.1 Å². The Morgan fingerprint density at radius 2 is 2.07 bits per heavy atom. The first-order valence-corrected chi connectivity index (χ1v) is 8.52. The molecule has 0 bridgehead atoms. The second-order valence-corrected chi connectivity index (χ2v) is 7.42. The van der Waals surface area contributed by atoms with Crippen LogP contribution in [0.25, 0.3) is 5.65 Å². The maximum absolute atomic E-state index is 12.3. The highest BCUT2D eigenvalue weighted by Gasteiger charge is 2.35. The molecule has 1 aliphatic rings. The summed E-state index contributed by atoms with van der Waals surface area (Å²) < 4.78 is 6.58. The molecule has 0 aromatic carbocycles. The maximum Gasteiger partial charge on any atom is 0.407 e. The zero-order valence-electron chi connectivity index (χ0n) is 15.3. The number of likely N-dealkylation sites (N-methyl/N-ethyl adjacent to an activating group) is 1. The minimum absolute atomic E-state index is 0.0993. The molecular formula is C16H19ClN6O4. The van der Waals surface area contributed by atoms with Crippen LogP contribution in [0.3, 0.4) is 0 Å². The van der Waals surface area contributed by atoms with Crippen molar-refractivity contribution >= 4 is 41.0 Å². The molecule has 0 aliphatic carbocycles. The predicted octanol–water partition coefficient (Wildman–Crippen LogP) is 1.81. The molecule has 3 rings (SSSR count). The monoisotopic (exact) mass is 394 g/mol. The number of carbonyl (C=O) groups is 3. The third-order valence-electron chi connectivity index (χ3n) is 3.71. The second-order valence-electron chi connectivity index (χ2n) is 7.03. The van der Waals surface area contributed by atoms with Crippen LogP contribution in [0.5, 0.6) is 0 Å². The lowest BCUT2D eigenvalue weighted by Gasteiger charge is -2.19. The van der Waals surface area contributed by atoms with Crippen LogP contribution in [-0.4, -0.2) is 56.7 Å². The number of fused-ring (bicyclic) bond motifs is 1. The molecule has 3 heterocycles. The fraction of sp³-hybridized carbons (Fsp3) is 0.438. The molecule has 11 heteroatoms. The molecule has 0 unspecified atom stereocenters. The van der Waals surface area contributed by atoms with E-state index >= 15 is 0 Å². The molecular weight excluding hydrogens is 376 g/mol. The highest BCUT2D eigenvalue weighted by Crippen LogP contribution is 2.27. The van der Waals surface area contributed by atoms with Crippen molar-refractivity contribution in [2.75, 3.05) is 18.5 Å². The minimum Gasteiger partial charge on any atom is -0.444 e. The summed E-state index contributed by atoms with van der Waals surface area (Å²) in [4.78, 5) is 42.6. The number of rotatable bonds is 3. The van der Waals surface area contributed by atoms with Crippen molar-refractivity contribution in [1.29, 1.82) is 0 Å². The lowest BCUT2D eigenvalue weighted by molar-refractivity contribution is -0.123. The summed E-state index contributed by atoms with van der Waals surface area (Å²) in [6, 6.07) is 1.000. The van der Waals surface area contributed by atoms with Crippen molar-refractivity contribution in [2.45, 2.75) is 32.9 Å². The van der Waals surface area contributed by atoms with Gasteiger partial charge in [0.2, 0.25) is 5.91 Å². The molecule has 2 aromatic rings. The standard InChI is InChI=1S/C16H19ClN6O4/c1-16(2,3)27-14(25)18-6-9-7-23-13(19-9)10(5-11(17)20-23)22-8-12(24)21(4)15(22)26/h5,7H,6,8H2,1-4H3,(H,18,25). The summed E-state index contributed by atoms with van der Waals surface area (Å²) in [5.74, 6) is -0.329. The Bertz CT molecular complexity index is 935. The van der Waals surface area contributed by atoms with Gasteiger partial charge in [-0.25, -0.2) is 19.1 Å². The van der Waals surface area contributed by atoms with Gasteiger partial charge in [-0.3, -0.25) is 14.6 Å². The number of anilines is 1. The van der Waals surface area contributed by atoms with Gasteiger partial charge in [0.05, 0.1) is 24.1 Å². The summed E-state index contributed by atoms with van der Waals surface area (Å²) in [6.07, 6.45) is 1.00. The van der Waals surface area contributed by atoms with E-state index in [2.05, 4.69) is 15.4 Å². The Balaban J connectivity index is 1.86. The van der Waals surface area contributed by atoms with E-state index in [1.165, 1.54) is 22.5 Å². The van der Waals surface area contributed by atoms with Crippen LogP contribution in [0, 0.1) is 0 Å². The number of hydrogen-bond donors (Lipinski definition) is 1. The highest BCUT2D eigenvalue weighted by atomic mass is 35.5. The van der Waals surface area contributed by atoms with Gasteiger partial charge in [-0.15, -0.1) is 0 Å². The topological polar surface area (TPSA) is 109 Å². The molecule has 1 N–H and O–H groups in total. The Hall–Kier alpha value is -2.88. The Morgan fingerprint density at radius 3 is 2.67 bits per heavy atom. The van der Waals surface area contributed by atoms with Crippen molar-refractivity contribution in [3.8, 4) is 0 Å². The third kappa shape index (κ3) is 3.95. The van der Waals surface area contributed by atoms with Crippen molar-refractivity contribution in [3.05, 3.63) is 23.1 Å². The van der Waals surface area contributed by atoms with Gasteiger partial charge >= 0.3 is 12.1 Å². The number of imide groups is 1. The Morgan fingerprint density at radius 1 is 1.37 bits per heavy atom. The van der Waals surface area contributed by atoms with Crippen LogP contribution in [-0.2, 0) is 16.1 Å². The van der Waals surface area contributed by atoms with Crippen molar-refractivity contribution in [2.24, 2.45) is 0 Å². The average Bonchev–Trinajstić information content (AvgIpc) is 3.06. The molecule has 10 nitrogen and oxygen atoms in total. The fourth-order valence-corrected chi connectivity index (χ4v) is 2.71. The van der Waals surface area contributed by atoms with E-state index < -0.39 is 17.7 Å². The lowest BCUT2D eigenvalue weighted by atomic mass is 10.2. The summed E-state index contributed by atoms with van der Waals surface area (Å²) in [5.41, 5.74) is 0.584. The van der Waals surface area contributed by atoms with E-state index in [1.54, 1.807) is 27.0 Å². The second kappa shape index (κ2) is 6.69. The zero-order valence-corrected chi connectivity index (χ0v) is 16.1. The van der Waals surface area contributed by atoms with Gasteiger partial charge in [-0.05, 0) is 20.8 Å². The number of carbonyl (C=O) groups excluding carboxylic acids is 3. The molecule has 4 amide bonds. The van der Waals surface area contributed by atoms with Gasteiger partial charge in [0.15, 0.2) is 10.8 Å². The van der Waals surface area contributed by atoms with E-state index in [0.29, 0.717) is 17.0 Å². The van der Waals surface area contributed by atoms with E-state index in [-0.39, 0.29) is 24.1 Å². The Labute approximate surface area is 160 Å². The number of imidazole rings is 1. The number of hydrogen-bond acceptors (Lipinski definition) is 6. The van der Waals surface area contributed by atoms with E-state index in [1.807, 2.05) is 0 Å². The van der Waals surface area contributed by atoms with Gasteiger partial charge < -0.3 is 10.1 Å². The predicted molar refractivity (Wildman–Crippen MR) is 96.6 cm³/mol. The SMILES string of the molecule is CN1C(=O)CN(c2cc(Cl)nn3cc(CNC(=O)OC(C)(C)C)nc23)C1=O. The first kappa shape index (κ1) is 18.9. The van der Waals surface area contributed by atoms with Crippen LogP contribution in [0.2, 0.25) is 5.15 Å². The number of amides is 4. The number of halogens is 1. The number of nitrogens with zero attached hydrogens (tertiary/aromatic N) is 5. The first-order chi connectivity index (χ1) is 12.5. The molecule has 27 heavy (non-hydrogen) atoms. The average molecular weight is 395 g/mol. The molecule has 2 aromatic heterocycles. The van der Waals surface area contributed by atoms with Crippen LogP contribution >= 0.6 is 11.6 Å². The van der Waals surface area contributed by atoms with Crippen LogP contribution < -0.4 is 10.2 Å². The minimum atomic E-state index is -0.611. The van der Waals surface area contributed by atoms with Gasteiger partial charge in [0.25, 0.3) is 0 Å². The molecule has 0 radical (unpaired) electrons. The van der Waals surface area contributed by atoms with E-state index in [4.69, 9.17) is 16.3 Å². The molecule has 144 valence electrons. The summed E-state index contributed by atoms with van der Waals surface area (Å²) in [7, 11) is 1.41. The molecule has 1 fully saturated rings. The van der Waals surface area contributed by atoms with Crippen molar-refractivity contribution in [1.82, 2.24) is 24.8 Å². The number of aromatic nitrogens is 3. The summed E-state index contributed by atoms with van der Waals surface area (Å²) in [6.45, 7) is 5.29. The number of nitrogens with one attached hydrogen (secondary N) is 1. The molecule has 1 aliphatic heterocycles. The number of ether oxygens (including phenoxy) is 1. The largest absolute Gasteiger partial charge is 0.444 e. The van der Waals surface area contributed by atoms with Crippen LogP contribution in [0.1, 0.15) is 26.5 Å². The number of urea groups is 1. The summed E-state index contributed by atoms with van der Waals surface area (Å²) in [5, 5.41) is 6.85. The zero-order chi connectivity index (χ0) is 19.9. The van der Waals surface area contributed by atoms with Gasteiger partial charge in [0.1, 0.15) is 12.1 Å². The van der Waals surface area contributed by atoms with Crippen molar-refractivity contribution in [3.63, 3.8) is 0 Å². The maximum atomic E-state index is 12.3. The van der Waals surface area contributed by atoms with Crippen LogP contribution in [0.15, 0.2) is 12.3 Å². The summed E-state index contributed by atoms with van der Waals surface area (Å²) >= 11 is 6.05. The first-order valence-electron chi connectivity index (χ1n) is 8.15. The van der Waals surface area contributed by atoms with Crippen LogP contribution in [0.4, 0.5) is 15.3 Å². The van der Waals surface area contributed by atoms with Gasteiger partial charge in [-0.2, -0.15) is 5.10 Å². The molecule has 0 atom stereocenters. The molecule has 1 saturated heterocycles. The lowest BCUT2D eigenvalue weighted by Crippen LogP contribution is -2.32. The van der Waals surface area contributed by atoms with E-state index in [0.717, 1.165) is 4.90 Å². The van der Waals surface area contributed by atoms with Gasteiger partial charge in [-0.1, -0.05) is 11.6 Å². The number of alkyl carbamates (subject to hydrolysis) is 1. The molecule has 0 spiro atoms.